The van der Waals surface area contributed by atoms with Gasteiger partial charge in [0.1, 0.15) is 23.7 Å². The molecule has 1 unspecified atom stereocenters. The molecule has 4 nitrogen and oxygen atoms in total. The van der Waals surface area contributed by atoms with Crippen molar-refractivity contribution in [2.45, 2.75) is 38.3 Å². The molecule has 2 rings (SSSR count). The van der Waals surface area contributed by atoms with Crippen LogP contribution in [0.5, 0.6) is 5.75 Å². The first-order valence-corrected chi connectivity index (χ1v) is 6.90. The summed E-state index contributed by atoms with van der Waals surface area (Å²) in [4.78, 5) is 11.9. The molecule has 1 saturated carbocycles. The highest BCUT2D eigenvalue weighted by Crippen LogP contribution is 2.40. The number of carbonyl (C=O) groups excluding carboxylic acids is 1. The number of hydrogen-bond donors (Lipinski definition) is 2. The van der Waals surface area contributed by atoms with E-state index in [4.69, 9.17) is 10.5 Å². The zero-order valence-corrected chi connectivity index (χ0v) is 11.9. The molecule has 0 radical (unpaired) electrons. The van der Waals surface area contributed by atoms with Gasteiger partial charge in [-0.2, -0.15) is 0 Å². The molecule has 1 aromatic rings. The van der Waals surface area contributed by atoms with Gasteiger partial charge in [0.2, 0.25) is 5.91 Å². The molecular weight excluding hydrogens is 259 g/mol. The zero-order chi connectivity index (χ0) is 14.8. The Morgan fingerprint density at radius 3 is 2.75 bits per heavy atom. The topological polar surface area (TPSA) is 64.3 Å². The third-order valence-corrected chi connectivity index (χ3v) is 3.52. The molecule has 110 valence electrons. The Bertz CT molecular complexity index is 489. The van der Waals surface area contributed by atoms with Crippen LogP contribution in [0.1, 0.15) is 26.7 Å². The minimum atomic E-state index is -0.875. The lowest BCUT2D eigenvalue weighted by molar-refractivity contribution is -0.127. The average molecular weight is 280 g/mol. The fourth-order valence-electron chi connectivity index (χ4n) is 2.47. The van der Waals surface area contributed by atoms with E-state index in [-0.39, 0.29) is 24.4 Å². The number of amides is 1. The number of primary amides is 1. The van der Waals surface area contributed by atoms with E-state index in [0.29, 0.717) is 5.75 Å². The Hall–Kier alpha value is -1.62. The van der Waals surface area contributed by atoms with E-state index in [1.54, 1.807) is 12.1 Å². The number of rotatable bonds is 7. The fourth-order valence-corrected chi connectivity index (χ4v) is 2.47. The molecule has 1 aliphatic rings. The SMILES string of the molecule is CC(C)NC(COc1cccc(F)c1)(C(N)=O)C1CC1. The molecule has 0 bridgehead atoms. The maximum atomic E-state index is 13.1. The number of hydrogen-bond acceptors (Lipinski definition) is 3. The van der Waals surface area contributed by atoms with Gasteiger partial charge < -0.3 is 10.5 Å². The van der Waals surface area contributed by atoms with E-state index in [2.05, 4.69) is 5.32 Å². The normalized spacial score (nSPS) is 17.8. The van der Waals surface area contributed by atoms with Crippen LogP contribution in [0.25, 0.3) is 0 Å². The lowest BCUT2D eigenvalue weighted by Gasteiger charge is -2.33. The smallest absolute Gasteiger partial charge is 0.241 e. The highest BCUT2D eigenvalue weighted by Gasteiger charge is 2.50. The molecule has 0 heterocycles. The van der Waals surface area contributed by atoms with Crippen molar-refractivity contribution < 1.29 is 13.9 Å². The van der Waals surface area contributed by atoms with Gasteiger partial charge >= 0.3 is 0 Å². The summed E-state index contributed by atoms with van der Waals surface area (Å²) in [7, 11) is 0. The number of nitrogens with one attached hydrogen (secondary N) is 1. The molecule has 1 aliphatic carbocycles. The van der Waals surface area contributed by atoms with E-state index in [1.807, 2.05) is 13.8 Å². The van der Waals surface area contributed by atoms with Gasteiger partial charge in [0.25, 0.3) is 0 Å². The Labute approximate surface area is 118 Å². The molecule has 1 amide bonds. The second-order valence-electron chi connectivity index (χ2n) is 5.65. The molecule has 0 saturated heterocycles. The molecule has 3 N–H and O–H groups in total. The summed E-state index contributed by atoms with van der Waals surface area (Å²) in [5.74, 6) is -0.182. The lowest BCUT2D eigenvalue weighted by Crippen LogP contribution is -2.62. The first-order valence-electron chi connectivity index (χ1n) is 6.90. The molecule has 5 heteroatoms. The predicted octanol–water partition coefficient (Wildman–Crippen LogP) is 1.84. The van der Waals surface area contributed by atoms with E-state index in [9.17, 15) is 9.18 Å². The third kappa shape index (κ3) is 3.28. The van der Waals surface area contributed by atoms with E-state index in [0.717, 1.165) is 12.8 Å². The standard InChI is InChI=1S/C15H21FN2O2/c1-10(2)18-15(14(17)19,11-6-7-11)9-20-13-5-3-4-12(16)8-13/h3-5,8,10-11,18H,6-7,9H2,1-2H3,(H2,17,19). The van der Waals surface area contributed by atoms with Crippen molar-refractivity contribution in [3.63, 3.8) is 0 Å². The summed E-state index contributed by atoms with van der Waals surface area (Å²) in [6.45, 7) is 4.04. The Kier molecular flexibility index (Phi) is 4.28. The van der Waals surface area contributed by atoms with Gasteiger partial charge in [0.15, 0.2) is 0 Å². The van der Waals surface area contributed by atoms with Crippen LogP contribution in [0, 0.1) is 11.7 Å². The predicted molar refractivity (Wildman–Crippen MR) is 74.8 cm³/mol. The van der Waals surface area contributed by atoms with Crippen LogP contribution in [0.4, 0.5) is 4.39 Å². The molecule has 1 atom stereocenters. The number of benzene rings is 1. The van der Waals surface area contributed by atoms with Crippen molar-refractivity contribution in [3.8, 4) is 5.75 Å². The summed E-state index contributed by atoms with van der Waals surface area (Å²) in [6, 6.07) is 6.00. The van der Waals surface area contributed by atoms with Crippen molar-refractivity contribution in [3.05, 3.63) is 30.1 Å². The van der Waals surface area contributed by atoms with Gasteiger partial charge in [-0.05, 0) is 44.7 Å². The highest BCUT2D eigenvalue weighted by atomic mass is 19.1. The van der Waals surface area contributed by atoms with E-state index >= 15 is 0 Å². The van der Waals surface area contributed by atoms with Crippen molar-refractivity contribution in [2.24, 2.45) is 11.7 Å². The summed E-state index contributed by atoms with van der Waals surface area (Å²) in [5, 5.41) is 3.25. The lowest BCUT2D eigenvalue weighted by atomic mass is 9.92. The maximum absolute atomic E-state index is 13.1. The Morgan fingerprint density at radius 2 is 2.25 bits per heavy atom. The van der Waals surface area contributed by atoms with Crippen LogP contribution in [0.2, 0.25) is 0 Å². The second-order valence-corrected chi connectivity index (χ2v) is 5.65. The number of halogens is 1. The fraction of sp³-hybridized carbons (Fsp3) is 0.533. The first kappa shape index (κ1) is 14.8. The zero-order valence-electron chi connectivity index (χ0n) is 11.9. The summed E-state index contributed by atoms with van der Waals surface area (Å²) < 4.78 is 18.8. The monoisotopic (exact) mass is 280 g/mol. The number of carbonyl (C=O) groups is 1. The maximum Gasteiger partial charge on any atom is 0.241 e. The summed E-state index contributed by atoms with van der Waals surface area (Å²) in [5.41, 5.74) is 4.72. The van der Waals surface area contributed by atoms with Crippen LogP contribution in [-0.2, 0) is 4.79 Å². The minimum absolute atomic E-state index is 0.110. The van der Waals surface area contributed by atoms with Gasteiger partial charge in [0.05, 0.1) is 0 Å². The van der Waals surface area contributed by atoms with Crippen LogP contribution < -0.4 is 15.8 Å². The number of nitrogens with two attached hydrogens (primary N) is 1. The summed E-state index contributed by atoms with van der Waals surface area (Å²) >= 11 is 0. The van der Waals surface area contributed by atoms with Crippen molar-refractivity contribution in [1.29, 1.82) is 0 Å². The van der Waals surface area contributed by atoms with E-state index in [1.165, 1.54) is 12.1 Å². The highest BCUT2D eigenvalue weighted by molar-refractivity contribution is 5.86. The molecule has 0 spiro atoms. The molecule has 1 aromatic carbocycles. The summed E-state index contributed by atoms with van der Waals surface area (Å²) in [6.07, 6.45) is 1.91. The van der Waals surface area contributed by atoms with Gasteiger partial charge in [-0.1, -0.05) is 6.07 Å². The third-order valence-electron chi connectivity index (χ3n) is 3.52. The molecule has 1 fully saturated rings. The van der Waals surface area contributed by atoms with Crippen LogP contribution in [0.3, 0.4) is 0 Å². The molecule has 0 aliphatic heterocycles. The largest absolute Gasteiger partial charge is 0.491 e. The average Bonchev–Trinajstić information content (AvgIpc) is 3.18. The molecule has 20 heavy (non-hydrogen) atoms. The van der Waals surface area contributed by atoms with Gasteiger partial charge in [0, 0.05) is 12.1 Å². The van der Waals surface area contributed by atoms with Crippen LogP contribution >= 0.6 is 0 Å². The van der Waals surface area contributed by atoms with Gasteiger partial charge in [-0.15, -0.1) is 0 Å². The Morgan fingerprint density at radius 1 is 1.55 bits per heavy atom. The molecular formula is C15H21FN2O2. The minimum Gasteiger partial charge on any atom is -0.491 e. The first-order chi connectivity index (χ1) is 9.44. The van der Waals surface area contributed by atoms with Gasteiger partial charge in [-0.3, -0.25) is 10.1 Å². The van der Waals surface area contributed by atoms with E-state index < -0.39 is 11.4 Å². The second kappa shape index (κ2) is 5.79. The van der Waals surface area contributed by atoms with Crippen molar-refractivity contribution in [1.82, 2.24) is 5.32 Å². The number of ether oxygens (including phenoxy) is 1. The van der Waals surface area contributed by atoms with Crippen molar-refractivity contribution in [2.75, 3.05) is 6.61 Å². The van der Waals surface area contributed by atoms with Gasteiger partial charge in [-0.25, -0.2) is 4.39 Å². The quantitative estimate of drug-likeness (QED) is 0.801. The van der Waals surface area contributed by atoms with Crippen molar-refractivity contribution >= 4 is 5.91 Å². The van der Waals surface area contributed by atoms with Crippen LogP contribution in [0.15, 0.2) is 24.3 Å². The Balaban J connectivity index is 2.13. The molecule has 0 aromatic heterocycles. The van der Waals surface area contributed by atoms with Crippen LogP contribution in [-0.4, -0.2) is 24.1 Å².